The van der Waals surface area contributed by atoms with E-state index in [9.17, 15) is 4.79 Å². The summed E-state index contributed by atoms with van der Waals surface area (Å²) >= 11 is 4.89. The van der Waals surface area contributed by atoms with Gasteiger partial charge in [0.15, 0.2) is 0 Å². The van der Waals surface area contributed by atoms with E-state index in [1.807, 2.05) is 24.3 Å². The maximum atomic E-state index is 11.6. The lowest BCUT2D eigenvalue weighted by atomic mass is 10.4. The lowest BCUT2D eigenvalue weighted by molar-refractivity contribution is -0.118. The van der Waals surface area contributed by atoms with Gasteiger partial charge in [0, 0.05) is 22.3 Å². The monoisotopic (exact) mass is 340 g/mol. The van der Waals surface area contributed by atoms with Gasteiger partial charge >= 0.3 is 0 Å². The molecule has 19 heavy (non-hydrogen) atoms. The molecule has 0 aliphatic carbocycles. The van der Waals surface area contributed by atoms with Crippen LogP contribution in [0.3, 0.4) is 0 Å². The molecule has 0 atom stereocenters. The SMILES string of the molecule is O=C(CSc1ccc(Br)cc1)NCCc1ncn[nH]1. The van der Waals surface area contributed by atoms with Gasteiger partial charge in [-0.15, -0.1) is 11.8 Å². The van der Waals surface area contributed by atoms with Gasteiger partial charge in [0.25, 0.3) is 0 Å². The fourth-order valence-electron chi connectivity index (χ4n) is 1.40. The van der Waals surface area contributed by atoms with Crippen LogP contribution in [0.5, 0.6) is 0 Å². The van der Waals surface area contributed by atoms with Crippen LogP contribution < -0.4 is 5.32 Å². The molecular weight excluding hydrogens is 328 g/mol. The zero-order chi connectivity index (χ0) is 13.5. The van der Waals surface area contributed by atoms with Crippen molar-refractivity contribution < 1.29 is 4.79 Å². The molecular formula is C12H13BrN4OS. The Balaban J connectivity index is 1.65. The van der Waals surface area contributed by atoms with E-state index in [2.05, 4.69) is 36.4 Å². The molecule has 0 saturated heterocycles. The summed E-state index contributed by atoms with van der Waals surface area (Å²) in [6, 6.07) is 7.89. The van der Waals surface area contributed by atoms with Crippen LogP contribution in [0, 0.1) is 0 Å². The maximum absolute atomic E-state index is 11.6. The number of aromatic nitrogens is 3. The first kappa shape index (κ1) is 14.1. The molecule has 2 rings (SSSR count). The lowest BCUT2D eigenvalue weighted by Gasteiger charge is -2.04. The molecule has 0 spiro atoms. The van der Waals surface area contributed by atoms with E-state index in [0.29, 0.717) is 18.7 Å². The third-order valence-corrected chi connectivity index (χ3v) is 3.87. The van der Waals surface area contributed by atoms with Crippen LogP contribution >= 0.6 is 27.7 Å². The van der Waals surface area contributed by atoms with Gasteiger partial charge < -0.3 is 5.32 Å². The van der Waals surface area contributed by atoms with E-state index in [1.54, 1.807) is 0 Å². The van der Waals surface area contributed by atoms with Crippen LogP contribution in [0.2, 0.25) is 0 Å². The summed E-state index contributed by atoms with van der Waals surface area (Å²) in [6.45, 7) is 0.564. The lowest BCUT2D eigenvalue weighted by Crippen LogP contribution is -2.27. The quantitative estimate of drug-likeness (QED) is 0.789. The van der Waals surface area contributed by atoms with Crippen LogP contribution in [0.1, 0.15) is 5.82 Å². The number of rotatable bonds is 6. The summed E-state index contributed by atoms with van der Waals surface area (Å²) in [5.41, 5.74) is 0. The number of hydrogen-bond donors (Lipinski definition) is 2. The Hall–Kier alpha value is -1.34. The zero-order valence-electron chi connectivity index (χ0n) is 10.1. The Morgan fingerprint density at radius 1 is 1.37 bits per heavy atom. The predicted octanol–water partition coefficient (Wildman–Crippen LogP) is 2.02. The number of nitrogens with one attached hydrogen (secondary N) is 2. The molecule has 100 valence electrons. The van der Waals surface area contributed by atoms with Gasteiger partial charge in [-0.25, -0.2) is 4.98 Å². The van der Waals surface area contributed by atoms with Crippen molar-refractivity contribution in [2.75, 3.05) is 12.3 Å². The zero-order valence-corrected chi connectivity index (χ0v) is 12.5. The minimum atomic E-state index is 0.0208. The third-order valence-electron chi connectivity index (χ3n) is 2.33. The molecule has 0 radical (unpaired) electrons. The molecule has 1 amide bonds. The van der Waals surface area contributed by atoms with Gasteiger partial charge in [-0.1, -0.05) is 15.9 Å². The van der Waals surface area contributed by atoms with Crippen LogP contribution in [0.15, 0.2) is 40.0 Å². The number of H-pyrrole nitrogens is 1. The van der Waals surface area contributed by atoms with Gasteiger partial charge in [-0.3, -0.25) is 9.89 Å². The molecule has 0 aliphatic rings. The topological polar surface area (TPSA) is 70.7 Å². The molecule has 7 heteroatoms. The minimum absolute atomic E-state index is 0.0208. The Bertz CT molecular complexity index is 515. The van der Waals surface area contributed by atoms with Crippen molar-refractivity contribution in [2.24, 2.45) is 0 Å². The van der Waals surface area contributed by atoms with Crippen molar-refractivity contribution >= 4 is 33.6 Å². The molecule has 0 saturated carbocycles. The second-order valence-corrected chi connectivity index (χ2v) is 5.74. The number of halogens is 1. The minimum Gasteiger partial charge on any atom is -0.355 e. The van der Waals surface area contributed by atoms with Crippen molar-refractivity contribution in [3.05, 3.63) is 40.9 Å². The molecule has 2 N–H and O–H groups in total. The Kier molecular flexibility index (Phi) is 5.41. The molecule has 1 aromatic heterocycles. The molecule has 0 aliphatic heterocycles. The van der Waals surface area contributed by atoms with Gasteiger partial charge in [0.05, 0.1) is 5.75 Å². The van der Waals surface area contributed by atoms with E-state index in [-0.39, 0.29) is 5.91 Å². The number of aromatic amines is 1. The molecule has 1 aromatic carbocycles. The number of hydrogen-bond acceptors (Lipinski definition) is 4. The fraction of sp³-hybridized carbons (Fsp3) is 0.250. The van der Waals surface area contributed by atoms with E-state index < -0.39 is 0 Å². The number of benzene rings is 1. The highest BCUT2D eigenvalue weighted by Gasteiger charge is 2.03. The summed E-state index contributed by atoms with van der Waals surface area (Å²) in [7, 11) is 0. The largest absolute Gasteiger partial charge is 0.355 e. The van der Waals surface area contributed by atoms with Crippen molar-refractivity contribution in [1.29, 1.82) is 0 Å². The number of amides is 1. The molecule has 0 fully saturated rings. The standard InChI is InChI=1S/C12H13BrN4OS/c13-9-1-3-10(4-2-9)19-7-12(18)14-6-5-11-15-8-16-17-11/h1-4,8H,5-7H2,(H,14,18)(H,15,16,17). The number of carbonyl (C=O) groups is 1. The van der Waals surface area contributed by atoms with Crippen LogP contribution in [0.25, 0.3) is 0 Å². The molecule has 1 heterocycles. The van der Waals surface area contributed by atoms with Crippen molar-refractivity contribution in [1.82, 2.24) is 20.5 Å². The average molecular weight is 341 g/mol. The number of thioether (sulfide) groups is 1. The molecule has 0 unspecified atom stereocenters. The highest BCUT2D eigenvalue weighted by molar-refractivity contribution is 9.10. The first-order chi connectivity index (χ1) is 9.24. The molecule has 2 aromatic rings. The molecule has 5 nitrogen and oxygen atoms in total. The van der Waals surface area contributed by atoms with Gasteiger partial charge in [0.2, 0.25) is 5.91 Å². The fourth-order valence-corrected chi connectivity index (χ4v) is 2.40. The number of carbonyl (C=O) groups excluding carboxylic acids is 1. The van der Waals surface area contributed by atoms with E-state index in [0.717, 1.165) is 15.2 Å². The summed E-state index contributed by atoms with van der Waals surface area (Å²) in [5.74, 6) is 1.21. The summed E-state index contributed by atoms with van der Waals surface area (Å²) in [4.78, 5) is 16.7. The van der Waals surface area contributed by atoms with Crippen LogP contribution in [-0.2, 0) is 11.2 Å². The normalized spacial score (nSPS) is 10.4. The first-order valence-electron chi connectivity index (χ1n) is 5.73. The Morgan fingerprint density at radius 3 is 2.84 bits per heavy atom. The van der Waals surface area contributed by atoms with Crippen LogP contribution in [0.4, 0.5) is 0 Å². The van der Waals surface area contributed by atoms with Gasteiger partial charge in [-0.05, 0) is 24.3 Å². The Labute approximate surface area is 123 Å². The van der Waals surface area contributed by atoms with Crippen molar-refractivity contribution in [3.63, 3.8) is 0 Å². The highest BCUT2D eigenvalue weighted by atomic mass is 79.9. The molecule has 0 bridgehead atoms. The summed E-state index contributed by atoms with van der Waals surface area (Å²) in [5, 5.41) is 9.34. The summed E-state index contributed by atoms with van der Waals surface area (Å²) in [6.07, 6.45) is 2.12. The van der Waals surface area contributed by atoms with Gasteiger partial charge in [-0.2, -0.15) is 5.10 Å². The predicted molar refractivity (Wildman–Crippen MR) is 78.0 cm³/mol. The summed E-state index contributed by atoms with van der Waals surface area (Å²) < 4.78 is 1.04. The smallest absolute Gasteiger partial charge is 0.230 e. The second-order valence-electron chi connectivity index (χ2n) is 3.77. The van der Waals surface area contributed by atoms with Gasteiger partial charge in [0.1, 0.15) is 12.2 Å². The van der Waals surface area contributed by atoms with Crippen molar-refractivity contribution in [2.45, 2.75) is 11.3 Å². The van der Waals surface area contributed by atoms with E-state index in [1.165, 1.54) is 18.1 Å². The van der Waals surface area contributed by atoms with Crippen molar-refractivity contribution in [3.8, 4) is 0 Å². The third kappa shape index (κ3) is 5.04. The van der Waals surface area contributed by atoms with Crippen LogP contribution in [-0.4, -0.2) is 33.4 Å². The number of nitrogens with zero attached hydrogens (tertiary/aromatic N) is 2. The second kappa shape index (κ2) is 7.30. The van der Waals surface area contributed by atoms with E-state index >= 15 is 0 Å². The maximum Gasteiger partial charge on any atom is 0.230 e. The highest BCUT2D eigenvalue weighted by Crippen LogP contribution is 2.20. The Morgan fingerprint density at radius 2 is 2.16 bits per heavy atom. The average Bonchev–Trinajstić information content (AvgIpc) is 2.91. The first-order valence-corrected chi connectivity index (χ1v) is 7.51. The van der Waals surface area contributed by atoms with E-state index in [4.69, 9.17) is 0 Å².